The zero-order chi connectivity index (χ0) is 23.6. The van der Waals surface area contributed by atoms with Crippen molar-refractivity contribution >= 4 is 57.7 Å². The number of aliphatic carboxylic acids is 2. The van der Waals surface area contributed by atoms with Crippen molar-refractivity contribution in [3.05, 3.63) is 22.3 Å². The largest absolute Gasteiger partial charge is 0.478 e. The van der Waals surface area contributed by atoms with Gasteiger partial charge in [-0.2, -0.15) is 0 Å². The molecule has 0 bridgehead atoms. The molecule has 172 valence electrons. The van der Waals surface area contributed by atoms with Crippen molar-refractivity contribution in [2.24, 2.45) is 10.9 Å². The number of nitrogens with one attached hydrogen (secondary N) is 1. The lowest BCUT2D eigenvalue weighted by atomic mass is 10.0. The van der Waals surface area contributed by atoms with Crippen molar-refractivity contribution in [2.75, 3.05) is 18.0 Å². The van der Waals surface area contributed by atoms with Crippen LogP contribution in [0.2, 0.25) is 0 Å². The second-order valence-electron chi connectivity index (χ2n) is 6.67. The smallest absolute Gasteiger partial charge is 0.352 e. The van der Waals surface area contributed by atoms with E-state index in [2.05, 4.69) is 15.5 Å². The van der Waals surface area contributed by atoms with Crippen LogP contribution in [0.15, 0.2) is 21.8 Å². The second-order valence-corrected chi connectivity index (χ2v) is 8.67. The average molecular weight is 485 g/mol. The normalized spacial score (nSPS) is 21.5. The van der Waals surface area contributed by atoms with E-state index in [1.807, 2.05) is 0 Å². The van der Waals surface area contributed by atoms with Crippen LogP contribution in [-0.2, 0) is 24.0 Å². The lowest BCUT2D eigenvalue weighted by Crippen LogP contribution is -2.71. The molecule has 2 amide bonds. The Balaban J connectivity index is 1.82. The minimum Gasteiger partial charge on any atom is -0.478 e. The highest BCUT2D eigenvalue weighted by atomic mass is 32.2. The first-order valence-electron chi connectivity index (χ1n) is 9.28. The Hall–Kier alpha value is -3.17. The van der Waals surface area contributed by atoms with Crippen LogP contribution < -0.4 is 16.8 Å². The maximum atomic E-state index is 12.9. The summed E-state index contributed by atoms with van der Waals surface area (Å²) in [6.45, 7) is 1.56. The zero-order valence-electron chi connectivity index (χ0n) is 16.7. The van der Waals surface area contributed by atoms with Gasteiger partial charge >= 0.3 is 11.9 Å². The molecule has 1 aromatic heterocycles. The van der Waals surface area contributed by atoms with E-state index in [1.165, 1.54) is 17.1 Å². The lowest BCUT2D eigenvalue weighted by molar-refractivity contribution is -0.151. The fraction of sp³-hybridized carbons (Fsp3) is 0.412. The fourth-order valence-corrected chi connectivity index (χ4v) is 4.97. The number of anilines is 1. The zero-order valence-corrected chi connectivity index (χ0v) is 18.3. The Morgan fingerprint density at radius 3 is 2.69 bits per heavy atom. The standard InChI is InChI=1S/C17H20N6O7S2/c1-2-8(15(26)27)30-22-9(7-5-32-17(19)20-7)12(24)21-10-13(25)23-11(16(28)29)6(3-18)4-31-14(10)23/h5,8,10,14H,2-4,18H2,1H3,(H2,19,20)(H,21,24)(H,26,27)(H,28,29)/b22-9-/t8?,10?,14-/m1/s1. The summed E-state index contributed by atoms with van der Waals surface area (Å²) >= 11 is 2.30. The number of carboxylic acids is 2. The number of β-lactam (4-membered cyclic amide) rings is 1. The van der Waals surface area contributed by atoms with Crippen molar-refractivity contribution < 1.29 is 34.2 Å². The molecule has 3 rings (SSSR count). The first kappa shape index (κ1) is 23.5. The molecule has 3 atom stereocenters. The molecule has 0 aromatic carbocycles. The number of hydrogen-bond donors (Lipinski definition) is 5. The van der Waals surface area contributed by atoms with Crippen LogP contribution in [0.25, 0.3) is 0 Å². The molecule has 2 aliphatic rings. The number of amides is 2. The summed E-state index contributed by atoms with van der Waals surface area (Å²) in [6.07, 6.45) is -1.20. The topological polar surface area (TPSA) is 211 Å². The summed E-state index contributed by atoms with van der Waals surface area (Å²) in [5.74, 6) is -3.71. The summed E-state index contributed by atoms with van der Waals surface area (Å²) in [4.78, 5) is 58.4. The van der Waals surface area contributed by atoms with E-state index >= 15 is 0 Å². The highest BCUT2D eigenvalue weighted by molar-refractivity contribution is 8.00. The van der Waals surface area contributed by atoms with Crippen molar-refractivity contribution in [1.82, 2.24) is 15.2 Å². The van der Waals surface area contributed by atoms with Gasteiger partial charge in [-0.15, -0.1) is 23.1 Å². The van der Waals surface area contributed by atoms with Gasteiger partial charge in [0.05, 0.1) is 0 Å². The van der Waals surface area contributed by atoms with Gasteiger partial charge in [-0.1, -0.05) is 12.1 Å². The predicted octanol–water partition coefficient (Wildman–Crippen LogP) is -0.993. The molecular weight excluding hydrogens is 464 g/mol. The average Bonchev–Trinajstić information content (AvgIpc) is 3.18. The molecule has 0 saturated carbocycles. The molecule has 2 aliphatic heterocycles. The summed E-state index contributed by atoms with van der Waals surface area (Å²) in [7, 11) is 0. The number of hydrogen-bond acceptors (Lipinski definition) is 11. The Kier molecular flexibility index (Phi) is 7.00. The van der Waals surface area contributed by atoms with E-state index in [0.717, 1.165) is 16.2 Å². The van der Waals surface area contributed by atoms with Crippen molar-refractivity contribution in [1.29, 1.82) is 0 Å². The summed E-state index contributed by atoms with van der Waals surface area (Å²) in [5, 5.41) is 25.7. The number of rotatable bonds is 9. The van der Waals surface area contributed by atoms with Crippen molar-refractivity contribution in [3.8, 4) is 0 Å². The Morgan fingerprint density at radius 1 is 1.44 bits per heavy atom. The number of nitrogens with two attached hydrogens (primary N) is 2. The van der Waals surface area contributed by atoms with Gasteiger partial charge in [0.25, 0.3) is 11.8 Å². The van der Waals surface area contributed by atoms with Crippen LogP contribution in [0.1, 0.15) is 19.0 Å². The number of thiazole rings is 1. The molecular formula is C17H20N6O7S2. The highest BCUT2D eigenvalue weighted by Crippen LogP contribution is 2.40. The van der Waals surface area contributed by atoms with Crippen LogP contribution in [-0.4, -0.2) is 79.4 Å². The van der Waals surface area contributed by atoms with Gasteiger partial charge in [0.1, 0.15) is 22.8 Å². The van der Waals surface area contributed by atoms with Gasteiger partial charge in [-0.25, -0.2) is 14.6 Å². The number of aromatic nitrogens is 1. The first-order valence-corrected chi connectivity index (χ1v) is 11.2. The molecule has 0 aliphatic carbocycles. The number of thioether (sulfide) groups is 1. The molecule has 1 fully saturated rings. The third-order valence-electron chi connectivity index (χ3n) is 4.68. The third-order valence-corrected chi connectivity index (χ3v) is 6.69. The second kappa shape index (κ2) is 9.54. The minimum atomic E-state index is -1.29. The molecule has 1 saturated heterocycles. The predicted molar refractivity (Wildman–Crippen MR) is 115 cm³/mol. The van der Waals surface area contributed by atoms with Gasteiger partial charge in [-0.05, 0) is 12.0 Å². The lowest BCUT2D eigenvalue weighted by Gasteiger charge is -2.49. The van der Waals surface area contributed by atoms with Crippen LogP contribution in [0.5, 0.6) is 0 Å². The van der Waals surface area contributed by atoms with Gasteiger partial charge in [0.2, 0.25) is 6.10 Å². The van der Waals surface area contributed by atoms with E-state index in [9.17, 15) is 24.3 Å². The van der Waals surface area contributed by atoms with Crippen LogP contribution in [0.3, 0.4) is 0 Å². The highest BCUT2D eigenvalue weighted by Gasteiger charge is 2.54. The quantitative estimate of drug-likeness (QED) is 0.163. The fourth-order valence-electron chi connectivity index (χ4n) is 3.06. The van der Waals surface area contributed by atoms with Gasteiger partial charge in [-0.3, -0.25) is 14.5 Å². The number of carbonyl (C=O) groups excluding carboxylic acids is 2. The van der Waals surface area contributed by atoms with Gasteiger partial charge in [0.15, 0.2) is 10.8 Å². The third kappa shape index (κ3) is 4.39. The van der Waals surface area contributed by atoms with E-state index in [0.29, 0.717) is 11.3 Å². The summed E-state index contributed by atoms with van der Waals surface area (Å²) in [5.41, 5.74) is 11.1. The molecule has 15 heteroatoms. The van der Waals surface area contributed by atoms with E-state index < -0.39 is 41.3 Å². The summed E-state index contributed by atoms with van der Waals surface area (Å²) < 4.78 is 0. The van der Waals surface area contributed by atoms with E-state index in [-0.39, 0.29) is 35.2 Å². The van der Waals surface area contributed by atoms with Crippen LogP contribution in [0, 0.1) is 0 Å². The Bertz CT molecular complexity index is 1020. The SMILES string of the molecule is CCC(O/N=C(\C(=O)NC1C(=O)N2C(C(=O)O)=C(CN)CS[C@H]12)c1csc(N)n1)C(=O)O. The number of carboxylic acid groups (broad SMARTS) is 2. The molecule has 1 aromatic rings. The number of nitrogen functional groups attached to an aromatic ring is 1. The number of oxime groups is 1. The van der Waals surface area contributed by atoms with E-state index in [4.69, 9.17) is 21.4 Å². The molecule has 13 nitrogen and oxygen atoms in total. The monoisotopic (exact) mass is 484 g/mol. The maximum Gasteiger partial charge on any atom is 0.352 e. The number of carbonyl (C=O) groups is 4. The Labute approximate surface area is 189 Å². The maximum absolute atomic E-state index is 12.9. The van der Waals surface area contributed by atoms with Crippen LogP contribution >= 0.6 is 23.1 Å². The number of fused-ring (bicyclic) bond motifs is 1. The molecule has 3 heterocycles. The van der Waals surface area contributed by atoms with Gasteiger partial charge in [0, 0.05) is 17.7 Å². The van der Waals surface area contributed by atoms with Crippen molar-refractivity contribution in [3.63, 3.8) is 0 Å². The molecule has 32 heavy (non-hydrogen) atoms. The van der Waals surface area contributed by atoms with Crippen molar-refractivity contribution in [2.45, 2.75) is 30.9 Å². The Morgan fingerprint density at radius 2 is 2.16 bits per heavy atom. The molecule has 2 unspecified atom stereocenters. The molecule has 0 spiro atoms. The van der Waals surface area contributed by atoms with Crippen LogP contribution in [0.4, 0.5) is 5.13 Å². The summed E-state index contributed by atoms with van der Waals surface area (Å²) in [6, 6.07) is -1.02. The van der Waals surface area contributed by atoms with Gasteiger partial charge < -0.3 is 31.8 Å². The number of nitrogens with zero attached hydrogens (tertiary/aromatic N) is 3. The van der Waals surface area contributed by atoms with E-state index in [1.54, 1.807) is 6.92 Å². The molecule has 0 radical (unpaired) electrons. The molecule has 7 N–H and O–H groups in total. The minimum absolute atomic E-state index is 0.0102. The first-order chi connectivity index (χ1) is 15.2.